The summed E-state index contributed by atoms with van der Waals surface area (Å²) in [5.74, 6) is 0.958. The smallest absolute Gasteiger partial charge is 0.203 e. The number of methoxy groups -OCH3 is 1. The molecule has 1 atom stereocenters. The Morgan fingerprint density at radius 1 is 1.45 bits per heavy atom. The largest absolute Gasteiger partial charge is 0.464 e. The Kier molecular flexibility index (Phi) is 1.55. The second kappa shape index (κ2) is 2.55. The first-order valence-electron chi connectivity index (χ1n) is 3.67. The molecule has 1 aliphatic heterocycles. The van der Waals surface area contributed by atoms with Crippen molar-refractivity contribution < 1.29 is 9.47 Å². The summed E-state index contributed by atoms with van der Waals surface area (Å²) >= 11 is 0. The van der Waals surface area contributed by atoms with Crippen molar-refractivity contribution in [2.45, 2.75) is 12.7 Å². The van der Waals surface area contributed by atoms with E-state index < -0.39 is 0 Å². The molecule has 1 heterocycles. The van der Waals surface area contributed by atoms with Crippen LogP contribution in [0.5, 0.6) is 5.75 Å². The van der Waals surface area contributed by atoms with E-state index in [0.29, 0.717) is 0 Å². The minimum Gasteiger partial charge on any atom is -0.464 e. The van der Waals surface area contributed by atoms with Crippen LogP contribution in [0.3, 0.4) is 0 Å². The fourth-order valence-electron chi connectivity index (χ4n) is 1.28. The first-order chi connectivity index (χ1) is 5.40. The van der Waals surface area contributed by atoms with Gasteiger partial charge in [-0.1, -0.05) is 18.2 Å². The number of rotatable bonds is 1. The molecule has 0 unspecified atom stereocenters. The van der Waals surface area contributed by atoms with E-state index in [1.807, 2.05) is 18.2 Å². The van der Waals surface area contributed by atoms with Crippen LogP contribution in [0.1, 0.15) is 5.56 Å². The van der Waals surface area contributed by atoms with Crippen LogP contribution in [0.4, 0.5) is 0 Å². The lowest BCUT2D eigenvalue weighted by Gasteiger charge is -2.06. The maximum Gasteiger partial charge on any atom is 0.203 e. The minimum absolute atomic E-state index is 0.0765. The second-order valence-corrected chi connectivity index (χ2v) is 2.59. The normalized spacial score (nSPS) is 21.0. The van der Waals surface area contributed by atoms with Gasteiger partial charge in [0.1, 0.15) is 5.75 Å². The van der Waals surface area contributed by atoms with Gasteiger partial charge in [0.2, 0.25) is 6.29 Å². The SMILES string of the molecule is CO[C@H]1Cc2ccccc2O1. The van der Waals surface area contributed by atoms with Crippen LogP contribution in [0.2, 0.25) is 0 Å². The van der Waals surface area contributed by atoms with Crippen LogP contribution in [-0.4, -0.2) is 13.4 Å². The predicted molar refractivity (Wildman–Crippen MR) is 41.6 cm³/mol. The van der Waals surface area contributed by atoms with Crippen molar-refractivity contribution in [3.63, 3.8) is 0 Å². The van der Waals surface area contributed by atoms with Gasteiger partial charge < -0.3 is 9.47 Å². The monoisotopic (exact) mass is 150 g/mol. The van der Waals surface area contributed by atoms with E-state index in [4.69, 9.17) is 9.47 Å². The highest BCUT2D eigenvalue weighted by atomic mass is 16.7. The quantitative estimate of drug-likeness (QED) is 0.605. The van der Waals surface area contributed by atoms with Crippen molar-refractivity contribution in [2.75, 3.05) is 7.11 Å². The summed E-state index contributed by atoms with van der Waals surface area (Å²) in [6.07, 6.45) is 0.791. The van der Waals surface area contributed by atoms with Gasteiger partial charge in [-0.05, 0) is 6.07 Å². The maximum atomic E-state index is 5.43. The Balaban J connectivity index is 2.27. The third kappa shape index (κ3) is 1.10. The minimum atomic E-state index is -0.0765. The second-order valence-electron chi connectivity index (χ2n) is 2.59. The Hall–Kier alpha value is -1.02. The van der Waals surface area contributed by atoms with Crippen molar-refractivity contribution in [2.24, 2.45) is 0 Å². The highest BCUT2D eigenvalue weighted by Crippen LogP contribution is 2.27. The zero-order chi connectivity index (χ0) is 7.68. The molecule has 2 nitrogen and oxygen atoms in total. The lowest BCUT2D eigenvalue weighted by molar-refractivity contribution is -0.0367. The molecule has 0 saturated carbocycles. The molecule has 0 aliphatic carbocycles. The van der Waals surface area contributed by atoms with Crippen LogP contribution in [0, 0.1) is 0 Å². The van der Waals surface area contributed by atoms with Gasteiger partial charge in [0.25, 0.3) is 0 Å². The summed E-state index contributed by atoms with van der Waals surface area (Å²) in [5.41, 5.74) is 1.24. The highest BCUT2D eigenvalue weighted by Gasteiger charge is 2.20. The summed E-state index contributed by atoms with van der Waals surface area (Å²) < 4.78 is 10.5. The van der Waals surface area contributed by atoms with E-state index in [1.165, 1.54) is 5.56 Å². The number of hydrogen-bond donors (Lipinski definition) is 0. The fourth-order valence-corrected chi connectivity index (χ4v) is 1.28. The number of ether oxygens (including phenoxy) is 2. The van der Waals surface area contributed by atoms with Crippen LogP contribution in [0.25, 0.3) is 0 Å². The summed E-state index contributed by atoms with van der Waals surface area (Å²) in [7, 11) is 1.66. The van der Waals surface area contributed by atoms with Crippen LogP contribution < -0.4 is 4.74 Å². The van der Waals surface area contributed by atoms with Crippen molar-refractivity contribution in [1.82, 2.24) is 0 Å². The van der Waals surface area contributed by atoms with E-state index >= 15 is 0 Å². The van der Waals surface area contributed by atoms with E-state index in [1.54, 1.807) is 7.11 Å². The third-order valence-electron chi connectivity index (χ3n) is 1.88. The molecule has 0 amide bonds. The summed E-state index contributed by atoms with van der Waals surface area (Å²) in [5, 5.41) is 0. The van der Waals surface area contributed by atoms with Gasteiger partial charge in [-0.3, -0.25) is 0 Å². The molecule has 0 aromatic heterocycles. The zero-order valence-electron chi connectivity index (χ0n) is 6.41. The number of para-hydroxylation sites is 1. The van der Waals surface area contributed by atoms with E-state index in [9.17, 15) is 0 Å². The Morgan fingerprint density at radius 2 is 2.27 bits per heavy atom. The van der Waals surface area contributed by atoms with Gasteiger partial charge in [-0.2, -0.15) is 0 Å². The number of hydrogen-bond acceptors (Lipinski definition) is 2. The van der Waals surface area contributed by atoms with Gasteiger partial charge in [0, 0.05) is 19.1 Å². The fraction of sp³-hybridized carbons (Fsp3) is 0.333. The van der Waals surface area contributed by atoms with Gasteiger partial charge in [0.05, 0.1) is 0 Å². The average molecular weight is 150 g/mol. The zero-order valence-corrected chi connectivity index (χ0v) is 6.41. The number of benzene rings is 1. The lowest BCUT2D eigenvalue weighted by atomic mass is 10.2. The maximum absolute atomic E-state index is 5.43. The average Bonchev–Trinajstić information content (AvgIpc) is 2.46. The summed E-state index contributed by atoms with van der Waals surface area (Å²) in [6, 6.07) is 8.01. The van der Waals surface area contributed by atoms with E-state index in [0.717, 1.165) is 12.2 Å². The predicted octanol–water partition coefficient (Wildman–Crippen LogP) is 1.59. The summed E-state index contributed by atoms with van der Waals surface area (Å²) in [6.45, 7) is 0. The highest BCUT2D eigenvalue weighted by molar-refractivity contribution is 5.36. The topological polar surface area (TPSA) is 18.5 Å². The van der Waals surface area contributed by atoms with Crippen molar-refractivity contribution in [3.8, 4) is 5.75 Å². The van der Waals surface area contributed by atoms with Crippen molar-refractivity contribution in [1.29, 1.82) is 0 Å². The van der Waals surface area contributed by atoms with Gasteiger partial charge in [0.15, 0.2) is 0 Å². The van der Waals surface area contributed by atoms with Gasteiger partial charge >= 0.3 is 0 Å². The Labute approximate surface area is 65.7 Å². The molecule has 0 fully saturated rings. The molecule has 0 radical (unpaired) electrons. The first-order valence-corrected chi connectivity index (χ1v) is 3.67. The van der Waals surface area contributed by atoms with Gasteiger partial charge in [-0.15, -0.1) is 0 Å². The molecule has 1 aliphatic rings. The Morgan fingerprint density at radius 3 is 3.00 bits per heavy atom. The summed E-state index contributed by atoms with van der Waals surface area (Å²) in [4.78, 5) is 0. The molecule has 0 spiro atoms. The molecule has 0 bridgehead atoms. The number of fused-ring (bicyclic) bond motifs is 1. The van der Waals surface area contributed by atoms with E-state index in [2.05, 4.69) is 6.07 Å². The van der Waals surface area contributed by atoms with Crippen molar-refractivity contribution in [3.05, 3.63) is 29.8 Å². The molecule has 1 aromatic carbocycles. The van der Waals surface area contributed by atoms with Crippen LogP contribution in [-0.2, 0) is 11.2 Å². The molecule has 0 saturated heterocycles. The lowest BCUT2D eigenvalue weighted by Crippen LogP contribution is -2.14. The molecule has 58 valence electrons. The third-order valence-corrected chi connectivity index (χ3v) is 1.88. The molecule has 0 N–H and O–H groups in total. The van der Waals surface area contributed by atoms with E-state index in [-0.39, 0.29) is 6.29 Å². The van der Waals surface area contributed by atoms with Crippen LogP contribution >= 0.6 is 0 Å². The molecular formula is C9H10O2. The van der Waals surface area contributed by atoms with Crippen LogP contribution in [0.15, 0.2) is 24.3 Å². The molecule has 11 heavy (non-hydrogen) atoms. The first kappa shape index (κ1) is 6.68. The van der Waals surface area contributed by atoms with Gasteiger partial charge in [-0.25, -0.2) is 0 Å². The standard InChI is InChI=1S/C9H10O2/c1-10-9-6-7-4-2-3-5-8(7)11-9/h2-5,9H,6H2,1H3/t9-/m1/s1. The molecular weight excluding hydrogens is 140 g/mol. The molecule has 2 rings (SSSR count). The van der Waals surface area contributed by atoms with Crippen molar-refractivity contribution >= 4 is 0 Å². The molecule has 2 heteroatoms. The Bertz CT molecular complexity index is 232. The molecule has 1 aromatic rings.